The molecule has 2 aromatic carbocycles. The zero-order valence-corrected chi connectivity index (χ0v) is 15.0. The van der Waals surface area contributed by atoms with Crippen LogP contribution in [0.4, 0.5) is 0 Å². The molecule has 24 heavy (non-hydrogen) atoms. The first-order chi connectivity index (χ1) is 11.7. The Morgan fingerprint density at radius 1 is 1.00 bits per heavy atom. The second kappa shape index (κ2) is 7.81. The van der Waals surface area contributed by atoms with Crippen LogP contribution in [0.25, 0.3) is 6.08 Å². The molecule has 1 saturated carbocycles. The molecule has 0 aliphatic heterocycles. The van der Waals surface area contributed by atoms with Gasteiger partial charge in [-0.1, -0.05) is 79.7 Å². The van der Waals surface area contributed by atoms with Gasteiger partial charge in [0.1, 0.15) is 0 Å². The van der Waals surface area contributed by atoms with Gasteiger partial charge in [-0.25, -0.2) is 0 Å². The largest absolute Gasteiger partial charge is 0.296 e. The maximum absolute atomic E-state index is 2.61. The highest BCUT2D eigenvalue weighted by Crippen LogP contribution is 2.39. The molecule has 3 rings (SSSR count). The van der Waals surface area contributed by atoms with E-state index in [0.717, 1.165) is 18.8 Å². The number of hydrogen-bond donors (Lipinski definition) is 0. The van der Waals surface area contributed by atoms with Crippen LogP contribution in [0.2, 0.25) is 0 Å². The van der Waals surface area contributed by atoms with Gasteiger partial charge in [0.25, 0.3) is 0 Å². The molecule has 0 aromatic heterocycles. The predicted molar refractivity (Wildman–Crippen MR) is 104 cm³/mol. The van der Waals surface area contributed by atoms with Crippen molar-refractivity contribution in [3.63, 3.8) is 0 Å². The molecule has 1 atom stereocenters. The fraction of sp³-hybridized carbons (Fsp3) is 0.391. The van der Waals surface area contributed by atoms with Crippen molar-refractivity contribution in [3.8, 4) is 0 Å². The second-order valence-electron chi connectivity index (χ2n) is 7.09. The van der Waals surface area contributed by atoms with Crippen LogP contribution < -0.4 is 0 Å². The van der Waals surface area contributed by atoms with E-state index in [1.807, 2.05) is 0 Å². The number of hydrogen-bond acceptors (Lipinski definition) is 1. The Morgan fingerprint density at radius 3 is 2.21 bits per heavy atom. The maximum atomic E-state index is 2.61. The average molecular weight is 319 g/mol. The SMILES string of the molecule is CC[C@@](CC=Cc1ccccc1)(c1ccccc1)N(C)CC1CC1. The zero-order chi connectivity index (χ0) is 16.8. The molecule has 126 valence electrons. The Labute approximate surface area is 147 Å². The topological polar surface area (TPSA) is 3.24 Å². The van der Waals surface area contributed by atoms with Crippen molar-refractivity contribution in [2.24, 2.45) is 5.92 Å². The maximum Gasteiger partial charge on any atom is 0.0489 e. The van der Waals surface area contributed by atoms with E-state index < -0.39 is 0 Å². The van der Waals surface area contributed by atoms with E-state index in [1.165, 1.54) is 30.5 Å². The van der Waals surface area contributed by atoms with Crippen molar-refractivity contribution >= 4 is 6.08 Å². The summed E-state index contributed by atoms with van der Waals surface area (Å²) in [5, 5.41) is 0. The lowest BCUT2D eigenvalue weighted by molar-refractivity contribution is 0.108. The summed E-state index contributed by atoms with van der Waals surface area (Å²) in [5.41, 5.74) is 2.81. The lowest BCUT2D eigenvalue weighted by Gasteiger charge is -2.42. The molecule has 0 unspecified atom stereocenters. The molecular formula is C23H29N. The van der Waals surface area contributed by atoms with Gasteiger partial charge in [-0.2, -0.15) is 0 Å². The van der Waals surface area contributed by atoms with Crippen LogP contribution in [0.1, 0.15) is 43.7 Å². The van der Waals surface area contributed by atoms with E-state index >= 15 is 0 Å². The summed E-state index contributed by atoms with van der Waals surface area (Å²) in [6, 6.07) is 21.7. The van der Waals surface area contributed by atoms with Crippen LogP contribution in [-0.2, 0) is 5.54 Å². The normalized spacial score (nSPS) is 17.3. The summed E-state index contributed by atoms with van der Waals surface area (Å²) in [4.78, 5) is 2.61. The van der Waals surface area contributed by atoms with Crippen LogP contribution in [0.3, 0.4) is 0 Å². The van der Waals surface area contributed by atoms with Gasteiger partial charge < -0.3 is 0 Å². The Balaban J connectivity index is 1.84. The van der Waals surface area contributed by atoms with E-state index in [-0.39, 0.29) is 5.54 Å². The molecule has 1 heteroatoms. The van der Waals surface area contributed by atoms with Gasteiger partial charge >= 0.3 is 0 Å². The third-order valence-electron chi connectivity index (χ3n) is 5.42. The van der Waals surface area contributed by atoms with Crippen LogP contribution in [0.5, 0.6) is 0 Å². The highest BCUT2D eigenvalue weighted by Gasteiger charge is 2.36. The van der Waals surface area contributed by atoms with Gasteiger partial charge in [0.05, 0.1) is 0 Å². The summed E-state index contributed by atoms with van der Waals surface area (Å²) >= 11 is 0. The van der Waals surface area contributed by atoms with Crippen molar-refractivity contribution in [3.05, 3.63) is 77.9 Å². The lowest BCUT2D eigenvalue weighted by atomic mass is 9.82. The van der Waals surface area contributed by atoms with Crippen LogP contribution in [0, 0.1) is 5.92 Å². The Morgan fingerprint density at radius 2 is 1.62 bits per heavy atom. The molecule has 0 radical (unpaired) electrons. The smallest absolute Gasteiger partial charge is 0.0489 e. The van der Waals surface area contributed by atoms with Crippen LogP contribution >= 0.6 is 0 Å². The van der Waals surface area contributed by atoms with E-state index in [0.29, 0.717) is 0 Å². The summed E-state index contributed by atoms with van der Waals surface area (Å²) in [7, 11) is 2.31. The number of benzene rings is 2. The molecule has 1 fully saturated rings. The monoisotopic (exact) mass is 319 g/mol. The number of rotatable bonds is 8. The van der Waals surface area contributed by atoms with Crippen molar-refractivity contribution in [2.45, 2.75) is 38.1 Å². The van der Waals surface area contributed by atoms with Crippen LogP contribution in [0.15, 0.2) is 66.7 Å². The first-order valence-corrected chi connectivity index (χ1v) is 9.23. The van der Waals surface area contributed by atoms with E-state index in [1.54, 1.807) is 0 Å². The molecule has 1 aliphatic rings. The average Bonchev–Trinajstić information content (AvgIpc) is 3.44. The lowest BCUT2D eigenvalue weighted by Crippen LogP contribution is -2.44. The third kappa shape index (κ3) is 3.96. The minimum atomic E-state index is 0.0924. The standard InChI is InChI=1S/C23H29N/c1-3-23(22-14-8-5-9-15-22,24(2)19-21-16-17-21)18-10-13-20-11-6-4-7-12-20/h4-15,21H,3,16-19H2,1-2H3/t23-/m1/s1. The van der Waals surface area contributed by atoms with E-state index in [4.69, 9.17) is 0 Å². The Hall–Kier alpha value is -1.86. The number of nitrogens with zero attached hydrogens (tertiary/aromatic N) is 1. The van der Waals surface area contributed by atoms with Gasteiger partial charge in [0.15, 0.2) is 0 Å². The summed E-state index contributed by atoms with van der Waals surface area (Å²) in [5.74, 6) is 0.905. The van der Waals surface area contributed by atoms with Gasteiger partial charge in [-0.3, -0.25) is 4.90 Å². The van der Waals surface area contributed by atoms with Gasteiger partial charge in [-0.05, 0) is 49.8 Å². The van der Waals surface area contributed by atoms with Gasteiger partial charge in [-0.15, -0.1) is 0 Å². The Kier molecular flexibility index (Phi) is 5.52. The molecular weight excluding hydrogens is 290 g/mol. The molecule has 0 heterocycles. The van der Waals surface area contributed by atoms with Gasteiger partial charge in [0.2, 0.25) is 0 Å². The fourth-order valence-corrected chi connectivity index (χ4v) is 3.68. The molecule has 0 bridgehead atoms. The first-order valence-electron chi connectivity index (χ1n) is 9.23. The zero-order valence-electron chi connectivity index (χ0n) is 15.0. The molecule has 0 spiro atoms. The molecule has 0 saturated heterocycles. The molecule has 1 aliphatic carbocycles. The highest BCUT2D eigenvalue weighted by molar-refractivity contribution is 5.49. The van der Waals surface area contributed by atoms with Crippen molar-refractivity contribution < 1.29 is 0 Å². The van der Waals surface area contributed by atoms with Crippen LogP contribution in [-0.4, -0.2) is 18.5 Å². The van der Waals surface area contributed by atoms with E-state index in [9.17, 15) is 0 Å². The quantitative estimate of drug-likeness (QED) is 0.600. The highest BCUT2D eigenvalue weighted by atomic mass is 15.2. The summed E-state index contributed by atoms with van der Waals surface area (Å²) < 4.78 is 0. The van der Waals surface area contributed by atoms with Crippen molar-refractivity contribution in [1.29, 1.82) is 0 Å². The first kappa shape index (κ1) is 17.0. The molecule has 0 amide bonds. The Bertz CT molecular complexity index is 642. The van der Waals surface area contributed by atoms with Crippen molar-refractivity contribution in [1.82, 2.24) is 4.90 Å². The third-order valence-corrected chi connectivity index (χ3v) is 5.42. The summed E-state index contributed by atoms with van der Waals surface area (Å²) in [6.07, 6.45) is 9.59. The fourth-order valence-electron chi connectivity index (χ4n) is 3.68. The summed E-state index contributed by atoms with van der Waals surface area (Å²) in [6.45, 7) is 3.54. The van der Waals surface area contributed by atoms with Gasteiger partial charge in [0, 0.05) is 12.1 Å². The minimum absolute atomic E-state index is 0.0924. The van der Waals surface area contributed by atoms with Crippen molar-refractivity contribution in [2.75, 3.05) is 13.6 Å². The van der Waals surface area contributed by atoms with E-state index in [2.05, 4.69) is 91.7 Å². The molecule has 1 nitrogen and oxygen atoms in total. The molecule has 2 aromatic rings. The second-order valence-corrected chi connectivity index (χ2v) is 7.09. The minimum Gasteiger partial charge on any atom is -0.296 e. The molecule has 0 N–H and O–H groups in total. The predicted octanol–water partition coefficient (Wildman–Crippen LogP) is 5.74.